The van der Waals surface area contributed by atoms with Gasteiger partial charge in [-0.2, -0.15) is 0 Å². The number of carbonyl (C=O) groups excluding carboxylic acids is 2. The summed E-state index contributed by atoms with van der Waals surface area (Å²) in [4.78, 5) is 24.3. The molecule has 0 aromatic heterocycles. The largest absolute Gasteiger partial charge is 0.497 e. The summed E-state index contributed by atoms with van der Waals surface area (Å²) in [5, 5.41) is 2.68. The standard InChI is InChI=1S/C19H21NO5/c1-4-24-16-10-8-14(9-11-16)19(22)25-13(2)18(21)20-15-6-5-7-17(12-15)23-3/h5-13H,4H2,1-3H3,(H,20,21)/t13-/m1/s1. The second kappa shape index (κ2) is 8.73. The van der Waals surface area contributed by atoms with Crippen LogP contribution in [0.4, 0.5) is 5.69 Å². The highest BCUT2D eigenvalue weighted by Crippen LogP contribution is 2.17. The summed E-state index contributed by atoms with van der Waals surface area (Å²) in [6, 6.07) is 13.5. The van der Waals surface area contributed by atoms with Gasteiger partial charge in [-0.15, -0.1) is 0 Å². The van der Waals surface area contributed by atoms with Gasteiger partial charge in [0.25, 0.3) is 5.91 Å². The van der Waals surface area contributed by atoms with Crippen LogP contribution in [0.1, 0.15) is 24.2 Å². The SMILES string of the molecule is CCOc1ccc(C(=O)O[C@H](C)C(=O)Nc2cccc(OC)c2)cc1. The molecular weight excluding hydrogens is 322 g/mol. The zero-order chi connectivity index (χ0) is 18.2. The van der Waals surface area contributed by atoms with Crippen molar-refractivity contribution in [2.75, 3.05) is 19.0 Å². The van der Waals surface area contributed by atoms with Gasteiger partial charge in [0.15, 0.2) is 6.10 Å². The molecular formula is C19H21NO5. The van der Waals surface area contributed by atoms with E-state index in [1.165, 1.54) is 6.92 Å². The third-order valence-corrected chi connectivity index (χ3v) is 3.39. The van der Waals surface area contributed by atoms with Crippen LogP contribution in [-0.4, -0.2) is 31.7 Å². The Morgan fingerprint density at radius 1 is 1.08 bits per heavy atom. The first kappa shape index (κ1) is 18.3. The Balaban J connectivity index is 1.94. The smallest absolute Gasteiger partial charge is 0.338 e. The number of ether oxygens (including phenoxy) is 3. The molecule has 0 saturated carbocycles. The molecule has 1 amide bonds. The van der Waals surface area contributed by atoms with E-state index in [0.29, 0.717) is 29.4 Å². The fourth-order valence-electron chi connectivity index (χ4n) is 2.08. The van der Waals surface area contributed by atoms with E-state index in [9.17, 15) is 9.59 Å². The van der Waals surface area contributed by atoms with Crippen LogP contribution in [-0.2, 0) is 9.53 Å². The maximum Gasteiger partial charge on any atom is 0.338 e. The lowest BCUT2D eigenvalue weighted by molar-refractivity contribution is -0.123. The molecule has 0 heterocycles. The zero-order valence-corrected chi connectivity index (χ0v) is 14.4. The molecule has 0 unspecified atom stereocenters. The fraction of sp³-hybridized carbons (Fsp3) is 0.263. The van der Waals surface area contributed by atoms with Gasteiger partial charge in [-0.3, -0.25) is 4.79 Å². The lowest BCUT2D eigenvalue weighted by atomic mass is 10.2. The molecule has 1 atom stereocenters. The second-order valence-corrected chi connectivity index (χ2v) is 5.23. The van der Waals surface area contributed by atoms with Crippen molar-refractivity contribution in [2.24, 2.45) is 0 Å². The second-order valence-electron chi connectivity index (χ2n) is 5.23. The van der Waals surface area contributed by atoms with Gasteiger partial charge >= 0.3 is 5.97 Å². The summed E-state index contributed by atoms with van der Waals surface area (Å²) in [5.74, 6) is 0.295. The third-order valence-electron chi connectivity index (χ3n) is 3.39. The Labute approximate surface area is 146 Å². The van der Waals surface area contributed by atoms with Gasteiger partial charge in [0.2, 0.25) is 0 Å². The van der Waals surface area contributed by atoms with E-state index in [0.717, 1.165) is 0 Å². The van der Waals surface area contributed by atoms with E-state index in [1.807, 2.05) is 6.92 Å². The monoisotopic (exact) mass is 343 g/mol. The van der Waals surface area contributed by atoms with Crippen molar-refractivity contribution < 1.29 is 23.8 Å². The van der Waals surface area contributed by atoms with E-state index in [1.54, 1.807) is 55.6 Å². The number of nitrogens with one attached hydrogen (secondary N) is 1. The number of esters is 1. The lowest BCUT2D eigenvalue weighted by Crippen LogP contribution is -2.30. The average molecular weight is 343 g/mol. The maximum atomic E-state index is 12.2. The quantitative estimate of drug-likeness (QED) is 0.781. The minimum Gasteiger partial charge on any atom is -0.497 e. The van der Waals surface area contributed by atoms with Crippen molar-refractivity contribution in [3.63, 3.8) is 0 Å². The number of rotatable bonds is 7. The van der Waals surface area contributed by atoms with Crippen LogP contribution in [0, 0.1) is 0 Å². The van der Waals surface area contributed by atoms with Crippen molar-refractivity contribution in [3.8, 4) is 11.5 Å². The van der Waals surface area contributed by atoms with Crippen LogP contribution in [0.15, 0.2) is 48.5 Å². The van der Waals surface area contributed by atoms with E-state index in [-0.39, 0.29) is 0 Å². The highest BCUT2D eigenvalue weighted by Gasteiger charge is 2.19. The molecule has 2 aromatic rings. The number of carbonyl (C=O) groups is 2. The van der Waals surface area contributed by atoms with Gasteiger partial charge in [-0.25, -0.2) is 4.79 Å². The normalized spacial score (nSPS) is 11.3. The van der Waals surface area contributed by atoms with Gasteiger partial charge in [0.1, 0.15) is 11.5 Å². The van der Waals surface area contributed by atoms with Gasteiger partial charge in [-0.1, -0.05) is 6.07 Å². The van der Waals surface area contributed by atoms with E-state index in [2.05, 4.69) is 5.32 Å². The van der Waals surface area contributed by atoms with Crippen LogP contribution >= 0.6 is 0 Å². The maximum absolute atomic E-state index is 12.2. The number of hydrogen-bond acceptors (Lipinski definition) is 5. The third kappa shape index (κ3) is 5.24. The summed E-state index contributed by atoms with van der Waals surface area (Å²) in [5.41, 5.74) is 0.915. The Morgan fingerprint density at radius 2 is 1.80 bits per heavy atom. The predicted octanol–water partition coefficient (Wildman–Crippen LogP) is 3.28. The van der Waals surface area contributed by atoms with Crippen molar-refractivity contribution in [3.05, 3.63) is 54.1 Å². The number of benzene rings is 2. The summed E-state index contributed by atoms with van der Waals surface area (Å²) >= 11 is 0. The average Bonchev–Trinajstić information content (AvgIpc) is 2.62. The summed E-state index contributed by atoms with van der Waals surface area (Å²) in [6.07, 6.45) is -0.940. The van der Waals surface area contributed by atoms with Crippen molar-refractivity contribution in [1.82, 2.24) is 0 Å². The molecule has 0 aliphatic carbocycles. The van der Waals surface area contributed by atoms with Crippen LogP contribution in [0.2, 0.25) is 0 Å². The van der Waals surface area contributed by atoms with Crippen LogP contribution in [0.5, 0.6) is 11.5 Å². The van der Waals surface area contributed by atoms with Gasteiger partial charge in [-0.05, 0) is 50.2 Å². The molecule has 2 aromatic carbocycles. The van der Waals surface area contributed by atoms with Crippen LogP contribution in [0.3, 0.4) is 0 Å². The highest BCUT2D eigenvalue weighted by atomic mass is 16.5. The summed E-state index contributed by atoms with van der Waals surface area (Å²) < 4.78 is 15.6. The van der Waals surface area contributed by atoms with Gasteiger partial charge in [0.05, 0.1) is 19.3 Å². The molecule has 0 saturated heterocycles. The first-order chi connectivity index (χ1) is 12.0. The van der Waals surface area contributed by atoms with Crippen molar-refractivity contribution >= 4 is 17.6 Å². The molecule has 0 bridgehead atoms. The Morgan fingerprint density at radius 3 is 2.44 bits per heavy atom. The van der Waals surface area contributed by atoms with E-state index >= 15 is 0 Å². The van der Waals surface area contributed by atoms with Gasteiger partial charge < -0.3 is 19.5 Å². The molecule has 0 fully saturated rings. The number of hydrogen-bond donors (Lipinski definition) is 1. The number of amides is 1. The minimum absolute atomic E-state index is 0.351. The molecule has 0 spiro atoms. The highest BCUT2D eigenvalue weighted by molar-refractivity contribution is 5.97. The molecule has 0 aliphatic heterocycles. The number of anilines is 1. The Bertz CT molecular complexity index is 727. The molecule has 0 radical (unpaired) electrons. The first-order valence-corrected chi connectivity index (χ1v) is 7.92. The van der Waals surface area contributed by atoms with Crippen molar-refractivity contribution in [2.45, 2.75) is 20.0 Å². The van der Waals surface area contributed by atoms with Crippen molar-refractivity contribution in [1.29, 1.82) is 0 Å². The Kier molecular flexibility index (Phi) is 6.39. The summed E-state index contributed by atoms with van der Waals surface area (Å²) in [6.45, 7) is 3.94. The zero-order valence-electron chi connectivity index (χ0n) is 14.4. The van der Waals surface area contributed by atoms with E-state index < -0.39 is 18.0 Å². The molecule has 25 heavy (non-hydrogen) atoms. The predicted molar refractivity (Wildman–Crippen MR) is 94.1 cm³/mol. The molecule has 1 N–H and O–H groups in total. The molecule has 6 nitrogen and oxygen atoms in total. The van der Waals surface area contributed by atoms with Crippen LogP contribution < -0.4 is 14.8 Å². The molecule has 6 heteroatoms. The molecule has 132 valence electrons. The van der Waals surface area contributed by atoms with Gasteiger partial charge in [0, 0.05) is 11.8 Å². The summed E-state index contributed by atoms with van der Waals surface area (Å²) in [7, 11) is 1.54. The lowest BCUT2D eigenvalue weighted by Gasteiger charge is -2.14. The molecule has 0 aliphatic rings. The molecule has 2 rings (SSSR count). The fourth-order valence-corrected chi connectivity index (χ4v) is 2.08. The Hall–Kier alpha value is -3.02. The van der Waals surface area contributed by atoms with Crippen LogP contribution in [0.25, 0.3) is 0 Å². The number of methoxy groups -OCH3 is 1. The van der Waals surface area contributed by atoms with E-state index in [4.69, 9.17) is 14.2 Å². The minimum atomic E-state index is -0.940. The first-order valence-electron chi connectivity index (χ1n) is 7.92. The topological polar surface area (TPSA) is 73.9 Å².